The molecular formula is C22H21ClFNO4S. The van der Waals surface area contributed by atoms with E-state index in [1.165, 1.54) is 18.2 Å². The topological polar surface area (TPSA) is 57.5 Å². The molecule has 158 valence electrons. The highest BCUT2D eigenvalue weighted by Gasteiger charge is 2.23. The SMILES string of the molecule is Cc1cc(C(=O)COC(=O)c2sc3cc(F)ccc3c2Cl)c(C)n1C[C@H]1CCCO1. The first kappa shape index (κ1) is 21.0. The van der Waals surface area contributed by atoms with Crippen LogP contribution in [0.2, 0.25) is 5.02 Å². The Hall–Kier alpha value is -2.22. The molecule has 0 radical (unpaired) electrons. The number of rotatable bonds is 6. The van der Waals surface area contributed by atoms with Gasteiger partial charge in [0.05, 0.1) is 11.1 Å². The summed E-state index contributed by atoms with van der Waals surface area (Å²) in [5, 5.41) is 0.793. The molecule has 4 rings (SSSR count). The Morgan fingerprint density at radius 2 is 2.13 bits per heavy atom. The largest absolute Gasteiger partial charge is 0.453 e. The van der Waals surface area contributed by atoms with Crippen LogP contribution in [-0.4, -0.2) is 35.6 Å². The third kappa shape index (κ3) is 4.02. The molecule has 3 aromatic rings. The minimum atomic E-state index is -0.692. The number of benzene rings is 1. The van der Waals surface area contributed by atoms with Gasteiger partial charge in [0.2, 0.25) is 5.78 Å². The number of aryl methyl sites for hydroxylation is 1. The van der Waals surface area contributed by atoms with Crippen molar-refractivity contribution in [2.24, 2.45) is 0 Å². The fourth-order valence-corrected chi connectivity index (χ4v) is 5.23. The molecule has 8 heteroatoms. The first-order chi connectivity index (χ1) is 14.3. The number of nitrogens with zero attached hydrogens (tertiary/aromatic N) is 1. The number of carbonyl (C=O) groups is 2. The normalized spacial score (nSPS) is 16.3. The van der Waals surface area contributed by atoms with Crippen molar-refractivity contribution in [1.82, 2.24) is 4.57 Å². The van der Waals surface area contributed by atoms with Crippen molar-refractivity contribution >= 4 is 44.8 Å². The van der Waals surface area contributed by atoms with E-state index in [0.29, 0.717) is 22.2 Å². The van der Waals surface area contributed by atoms with Gasteiger partial charge in [0.25, 0.3) is 0 Å². The van der Waals surface area contributed by atoms with Crippen molar-refractivity contribution in [3.63, 3.8) is 0 Å². The average Bonchev–Trinajstić information content (AvgIpc) is 3.41. The summed E-state index contributed by atoms with van der Waals surface area (Å²) in [6.07, 6.45) is 2.23. The predicted molar refractivity (Wildman–Crippen MR) is 114 cm³/mol. The van der Waals surface area contributed by atoms with Gasteiger partial charge in [-0.1, -0.05) is 11.6 Å². The van der Waals surface area contributed by atoms with Gasteiger partial charge in [-0.05, 0) is 51.0 Å². The molecule has 0 amide bonds. The molecule has 0 unspecified atom stereocenters. The van der Waals surface area contributed by atoms with Crippen LogP contribution in [0.25, 0.3) is 10.1 Å². The summed E-state index contributed by atoms with van der Waals surface area (Å²) in [5.41, 5.74) is 2.33. The second-order valence-corrected chi connectivity index (χ2v) is 8.85. The fraction of sp³-hybridized carbons (Fsp3) is 0.364. The second kappa shape index (κ2) is 8.49. The molecule has 1 aliphatic heterocycles. The smallest absolute Gasteiger partial charge is 0.350 e. The fourth-order valence-electron chi connectivity index (χ4n) is 3.80. The van der Waals surface area contributed by atoms with Gasteiger partial charge in [0.15, 0.2) is 6.61 Å². The Balaban J connectivity index is 1.46. The summed E-state index contributed by atoms with van der Waals surface area (Å²) in [6, 6.07) is 5.94. The van der Waals surface area contributed by atoms with E-state index in [4.69, 9.17) is 21.1 Å². The molecule has 1 atom stereocenters. The summed E-state index contributed by atoms with van der Waals surface area (Å²) < 4.78 is 27.0. The number of aromatic nitrogens is 1. The zero-order valence-corrected chi connectivity index (χ0v) is 18.2. The number of hydrogen-bond acceptors (Lipinski definition) is 5. The van der Waals surface area contributed by atoms with E-state index in [0.717, 1.165) is 42.2 Å². The van der Waals surface area contributed by atoms with E-state index >= 15 is 0 Å². The first-order valence-corrected chi connectivity index (χ1v) is 10.9. The lowest BCUT2D eigenvalue weighted by Gasteiger charge is -2.14. The molecule has 1 aromatic carbocycles. The van der Waals surface area contributed by atoms with Crippen molar-refractivity contribution in [3.05, 3.63) is 56.9 Å². The summed E-state index contributed by atoms with van der Waals surface area (Å²) in [6.45, 7) is 4.93. The number of thiophene rings is 1. The second-order valence-electron chi connectivity index (χ2n) is 7.42. The Morgan fingerprint density at radius 1 is 1.33 bits per heavy atom. The van der Waals surface area contributed by atoms with Crippen LogP contribution in [0.1, 0.15) is 44.3 Å². The molecule has 3 heterocycles. The molecule has 0 bridgehead atoms. The number of ketones is 1. The van der Waals surface area contributed by atoms with Crippen LogP contribution in [-0.2, 0) is 16.0 Å². The molecule has 0 N–H and O–H groups in total. The summed E-state index contributed by atoms with van der Waals surface area (Å²) >= 11 is 7.30. The molecule has 0 saturated carbocycles. The number of fused-ring (bicyclic) bond motifs is 1. The van der Waals surface area contributed by atoms with Gasteiger partial charge < -0.3 is 14.0 Å². The van der Waals surface area contributed by atoms with Crippen molar-refractivity contribution in [2.75, 3.05) is 13.2 Å². The Labute approximate surface area is 182 Å². The third-order valence-electron chi connectivity index (χ3n) is 5.40. The van der Waals surface area contributed by atoms with Gasteiger partial charge in [-0.15, -0.1) is 11.3 Å². The molecule has 1 aliphatic rings. The highest BCUT2D eigenvalue weighted by Crippen LogP contribution is 2.36. The highest BCUT2D eigenvalue weighted by atomic mass is 35.5. The molecule has 5 nitrogen and oxygen atoms in total. The van der Waals surface area contributed by atoms with Gasteiger partial charge in [-0.25, -0.2) is 9.18 Å². The standard InChI is InChI=1S/C22H21ClFNO4S/c1-12-8-17(13(2)25(12)10-15-4-3-7-28-15)18(26)11-29-22(27)21-20(23)16-6-5-14(24)9-19(16)30-21/h5-6,8-9,15H,3-4,7,10-11H2,1-2H3/t15-/m1/s1. The lowest BCUT2D eigenvalue weighted by molar-refractivity contribution is 0.0479. The van der Waals surface area contributed by atoms with Crippen molar-refractivity contribution in [1.29, 1.82) is 0 Å². The lowest BCUT2D eigenvalue weighted by Crippen LogP contribution is -2.18. The average molecular weight is 450 g/mol. The van der Waals surface area contributed by atoms with Crippen LogP contribution in [0.3, 0.4) is 0 Å². The van der Waals surface area contributed by atoms with Gasteiger partial charge in [0.1, 0.15) is 10.7 Å². The van der Waals surface area contributed by atoms with E-state index in [9.17, 15) is 14.0 Å². The zero-order valence-electron chi connectivity index (χ0n) is 16.7. The molecule has 1 saturated heterocycles. The zero-order chi connectivity index (χ0) is 21.4. The molecule has 1 fully saturated rings. The van der Waals surface area contributed by atoms with Crippen LogP contribution in [0.4, 0.5) is 4.39 Å². The quantitative estimate of drug-likeness (QED) is 0.377. The van der Waals surface area contributed by atoms with E-state index in [1.54, 1.807) is 0 Å². The molecule has 2 aromatic heterocycles. The number of ether oxygens (including phenoxy) is 2. The maximum Gasteiger partial charge on any atom is 0.350 e. The predicted octanol–water partition coefficient (Wildman–Crippen LogP) is 5.33. The first-order valence-electron chi connectivity index (χ1n) is 9.71. The maximum absolute atomic E-state index is 13.4. The Morgan fingerprint density at radius 3 is 2.87 bits per heavy atom. The Bertz CT molecular complexity index is 1130. The minimum Gasteiger partial charge on any atom is -0.453 e. The number of carbonyl (C=O) groups excluding carboxylic acids is 2. The molecule has 0 aliphatic carbocycles. The van der Waals surface area contributed by atoms with Crippen LogP contribution in [0, 0.1) is 19.7 Å². The maximum atomic E-state index is 13.4. The van der Waals surface area contributed by atoms with Gasteiger partial charge in [0, 0.05) is 40.2 Å². The van der Waals surface area contributed by atoms with Gasteiger partial charge >= 0.3 is 5.97 Å². The minimum absolute atomic E-state index is 0.161. The number of hydrogen-bond donors (Lipinski definition) is 0. The van der Waals surface area contributed by atoms with E-state index in [1.807, 2.05) is 19.9 Å². The monoisotopic (exact) mass is 449 g/mol. The third-order valence-corrected chi connectivity index (χ3v) is 7.03. The highest BCUT2D eigenvalue weighted by molar-refractivity contribution is 7.21. The summed E-state index contributed by atoms with van der Waals surface area (Å²) in [4.78, 5) is 25.3. The van der Waals surface area contributed by atoms with Gasteiger partial charge in [-0.2, -0.15) is 0 Å². The Kier molecular flexibility index (Phi) is 5.95. The summed E-state index contributed by atoms with van der Waals surface area (Å²) in [7, 11) is 0. The van der Waals surface area contributed by atoms with E-state index in [-0.39, 0.29) is 28.4 Å². The summed E-state index contributed by atoms with van der Waals surface area (Å²) in [5.74, 6) is -1.38. The molecule has 30 heavy (non-hydrogen) atoms. The van der Waals surface area contributed by atoms with Crippen LogP contribution >= 0.6 is 22.9 Å². The van der Waals surface area contributed by atoms with Crippen molar-refractivity contribution < 1.29 is 23.5 Å². The van der Waals surface area contributed by atoms with Crippen molar-refractivity contribution in [2.45, 2.75) is 39.3 Å². The molecular weight excluding hydrogens is 429 g/mol. The number of Topliss-reactive ketones (excluding diaryl/α,β-unsaturated/α-hetero) is 1. The van der Waals surface area contributed by atoms with Gasteiger partial charge in [-0.3, -0.25) is 4.79 Å². The number of halogens is 2. The van der Waals surface area contributed by atoms with Crippen LogP contribution in [0.5, 0.6) is 0 Å². The lowest BCUT2D eigenvalue weighted by atomic mass is 10.1. The van der Waals surface area contributed by atoms with E-state index in [2.05, 4.69) is 4.57 Å². The van der Waals surface area contributed by atoms with Crippen molar-refractivity contribution in [3.8, 4) is 0 Å². The van der Waals surface area contributed by atoms with E-state index < -0.39 is 11.8 Å². The number of esters is 1. The van der Waals surface area contributed by atoms with Crippen LogP contribution < -0.4 is 0 Å². The molecule has 0 spiro atoms. The van der Waals surface area contributed by atoms with Crippen LogP contribution in [0.15, 0.2) is 24.3 Å².